The van der Waals surface area contributed by atoms with E-state index in [0.717, 1.165) is 12.1 Å². The van der Waals surface area contributed by atoms with Crippen LogP contribution in [0.3, 0.4) is 0 Å². The van der Waals surface area contributed by atoms with Gasteiger partial charge in [0, 0.05) is 18.1 Å². The largest absolute Gasteiger partial charge is 0.315 e. The SMILES string of the molecule is CCCC1CCCCN1C(C)CCCNC(C)C. The molecule has 0 amide bonds. The van der Waals surface area contributed by atoms with E-state index in [1.807, 2.05) is 0 Å². The minimum atomic E-state index is 0.628. The molecule has 0 bridgehead atoms. The van der Waals surface area contributed by atoms with Crippen LogP contribution in [-0.2, 0) is 0 Å². The maximum absolute atomic E-state index is 3.52. The second-order valence-corrected chi connectivity index (χ2v) is 6.28. The summed E-state index contributed by atoms with van der Waals surface area (Å²) in [6, 6.07) is 2.27. The van der Waals surface area contributed by atoms with Gasteiger partial charge in [0.25, 0.3) is 0 Å². The highest BCUT2D eigenvalue weighted by molar-refractivity contribution is 4.80. The van der Waals surface area contributed by atoms with Crippen molar-refractivity contribution < 1.29 is 0 Å². The molecule has 1 fully saturated rings. The lowest BCUT2D eigenvalue weighted by Crippen LogP contribution is -2.45. The summed E-state index contributed by atoms with van der Waals surface area (Å²) in [5.41, 5.74) is 0. The summed E-state index contributed by atoms with van der Waals surface area (Å²) in [5, 5.41) is 3.52. The Bertz CT molecular complexity index is 201. The van der Waals surface area contributed by atoms with Crippen LogP contribution in [0, 0.1) is 0 Å². The van der Waals surface area contributed by atoms with Crippen LogP contribution >= 0.6 is 0 Å². The fourth-order valence-electron chi connectivity index (χ4n) is 3.20. The fourth-order valence-corrected chi connectivity index (χ4v) is 3.20. The van der Waals surface area contributed by atoms with Gasteiger partial charge < -0.3 is 5.32 Å². The van der Waals surface area contributed by atoms with E-state index < -0.39 is 0 Å². The molecule has 0 aromatic carbocycles. The summed E-state index contributed by atoms with van der Waals surface area (Å²) >= 11 is 0. The van der Waals surface area contributed by atoms with Gasteiger partial charge in [-0.05, 0) is 52.1 Å². The first kappa shape index (κ1) is 16.0. The summed E-state index contributed by atoms with van der Waals surface area (Å²) in [5.74, 6) is 0. The molecule has 0 saturated carbocycles. The van der Waals surface area contributed by atoms with Gasteiger partial charge in [-0.3, -0.25) is 4.90 Å². The Kier molecular flexibility index (Phi) is 7.92. The molecule has 108 valence electrons. The molecule has 0 spiro atoms. The second kappa shape index (κ2) is 8.92. The Morgan fingerprint density at radius 2 is 2.00 bits per heavy atom. The van der Waals surface area contributed by atoms with Crippen LogP contribution in [0.25, 0.3) is 0 Å². The van der Waals surface area contributed by atoms with Crippen LogP contribution in [0.1, 0.15) is 72.6 Å². The summed E-state index contributed by atoms with van der Waals surface area (Å²) in [4.78, 5) is 2.79. The van der Waals surface area contributed by atoms with E-state index in [2.05, 4.69) is 37.9 Å². The number of rotatable bonds is 8. The number of hydrogen-bond acceptors (Lipinski definition) is 2. The second-order valence-electron chi connectivity index (χ2n) is 6.28. The molecule has 1 heterocycles. The van der Waals surface area contributed by atoms with E-state index in [9.17, 15) is 0 Å². The lowest BCUT2D eigenvalue weighted by Gasteiger charge is -2.40. The number of likely N-dealkylation sites (tertiary alicyclic amines) is 1. The van der Waals surface area contributed by atoms with E-state index in [1.165, 1.54) is 58.0 Å². The quantitative estimate of drug-likeness (QED) is 0.663. The summed E-state index contributed by atoms with van der Waals surface area (Å²) in [6.45, 7) is 11.7. The van der Waals surface area contributed by atoms with Gasteiger partial charge in [-0.15, -0.1) is 0 Å². The van der Waals surface area contributed by atoms with Crippen molar-refractivity contribution in [1.29, 1.82) is 0 Å². The predicted octanol–water partition coefficient (Wildman–Crippen LogP) is 3.81. The maximum Gasteiger partial charge on any atom is 0.00979 e. The number of nitrogens with zero attached hydrogens (tertiary/aromatic N) is 1. The van der Waals surface area contributed by atoms with Crippen molar-refractivity contribution in [2.24, 2.45) is 0 Å². The highest BCUT2D eigenvalue weighted by atomic mass is 15.2. The minimum absolute atomic E-state index is 0.628. The molecule has 1 aliphatic rings. The number of nitrogens with one attached hydrogen (secondary N) is 1. The van der Waals surface area contributed by atoms with Crippen molar-refractivity contribution in [3.05, 3.63) is 0 Å². The first-order valence-electron chi connectivity index (χ1n) is 8.14. The predicted molar refractivity (Wildman–Crippen MR) is 81.1 cm³/mol. The molecule has 1 N–H and O–H groups in total. The highest BCUT2D eigenvalue weighted by Gasteiger charge is 2.25. The van der Waals surface area contributed by atoms with Crippen LogP contribution in [0.5, 0.6) is 0 Å². The number of hydrogen-bond donors (Lipinski definition) is 1. The molecule has 0 aromatic rings. The van der Waals surface area contributed by atoms with Gasteiger partial charge in [0.15, 0.2) is 0 Å². The zero-order chi connectivity index (χ0) is 13.4. The van der Waals surface area contributed by atoms with Crippen LogP contribution in [-0.4, -0.2) is 36.1 Å². The molecule has 0 aromatic heterocycles. The van der Waals surface area contributed by atoms with Crippen molar-refractivity contribution >= 4 is 0 Å². The molecule has 2 atom stereocenters. The average Bonchev–Trinajstić information content (AvgIpc) is 2.35. The fraction of sp³-hybridized carbons (Fsp3) is 1.00. The monoisotopic (exact) mass is 254 g/mol. The molecule has 0 radical (unpaired) electrons. The maximum atomic E-state index is 3.52. The van der Waals surface area contributed by atoms with Crippen molar-refractivity contribution in [3.8, 4) is 0 Å². The van der Waals surface area contributed by atoms with Crippen LogP contribution in [0.4, 0.5) is 0 Å². The van der Waals surface area contributed by atoms with Gasteiger partial charge >= 0.3 is 0 Å². The third-order valence-corrected chi connectivity index (χ3v) is 4.21. The van der Waals surface area contributed by atoms with Gasteiger partial charge in [-0.25, -0.2) is 0 Å². The van der Waals surface area contributed by atoms with Crippen molar-refractivity contribution in [1.82, 2.24) is 10.2 Å². The molecular formula is C16H34N2. The van der Waals surface area contributed by atoms with E-state index in [1.54, 1.807) is 0 Å². The Labute approximate surface area is 115 Å². The van der Waals surface area contributed by atoms with Crippen LogP contribution < -0.4 is 5.32 Å². The molecular weight excluding hydrogens is 220 g/mol. The summed E-state index contributed by atoms with van der Waals surface area (Å²) in [6.07, 6.45) is 9.69. The lowest BCUT2D eigenvalue weighted by atomic mass is 9.95. The van der Waals surface area contributed by atoms with E-state index in [0.29, 0.717) is 6.04 Å². The van der Waals surface area contributed by atoms with Gasteiger partial charge in [0.05, 0.1) is 0 Å². The van der Waals surface area contributed by atoms with E-state index >= 15 is 0 Å². The zero-order valence-corrected chi connectivity index (χ0v) is 13.0. The molecule has 2 heteroatoms. The first-order chi connectivity index (χ1) is 8.65. The summed E-state index contributed by atoms with van der Waals surface area (Å²) < 4.78 is 0. The standard InChI is InChI=1S/C16H34N2/c1-5-9-16-11-6-7-13-18(16)15(4)10-8-12-17-14(2)3/h14-17H,5-13H2,1-4H3. The molecule has 1 saturated heterocycles. The number of piperidine rings is 1. The normalized spacial score (nSPS) is 23.5. The van der Waals surface area contributed by atoms with Crippen LogP contribution in [0.2, 0.25) is 0 Å². The van der Waals surface area contributed by atoms with Crippen molar-refractivity contribution in [2.75, 3.05) is 13.1 Å². The topological polar surface area (TPSA) is 15.3 Å². The zero-order valence-electron chi connectivity index (χ0n) is 13.0. The minimum Gasteiger partial charge on any atom is -0.315 e. The average molecular weight is 254 g/mol. The Morgan fingerprint density at radius 1 is 1.22 bits per heavy atom. The Morgan fingerprint density at radius 3 is 2.67 bits per heavy atom. The van der Waals surface area contributed by atoms with Crippen LogP contribution in [0.15, 0.2) is 0 Å². The highest BCUT2D eigenvalue weighted by Crippen LogP contribution is 2.24. The van der Waals surface area contributed by atoms with Gasteiger partial charge in [0.2, 0.25) is 0 Å². The molecule has 18 heavy (non-hydrogen) atoms. The van der Waals surface area contributed by atoms with Crippen molar-refractivity contribution in [2.45, 2.75) is 90.8 Å². The third-order valence-electron chi connectivity index (χ3n) is 4.21. The van der Waals surface area contributed by atoms with Gasteiger partial charge in [-0.2, -0.15) is 0 Å². The molecule has 1 aliphatic heterocycles. The van der Waals surface area contributed by atoms with E-state index in [-0.39, 0.29) is 0 Å². The smallest absolute Gasteiger partial charge is 0.00979 e. The molecule has 2 nitrogen and oxygen atoms in total. The Balaban J connectivity index is 2.26. The van der Waals surface area contributed by atoms with Crippen molar-refractivity contribution in [3.63, 3.8) is 0 Å². The summed E-state index contributed by atoms with van der Waals surface area (Å²) in [7, 11) is 0. The molecule has 2 unspecified atom stereocenters. The molecule has 1 rings (SSSR count). The van der Waals surface area contributed by atoms with Gasteiger partial charge in [0.1, 0.15) is 0 Å². The third kappa shape index (κ3) is 5.71. The lowest BCUT2D eigenvalue weighted by molar-refractivity contribution is 0.0907. The first-order valence-corrected chi connectivity index (χ1v) is 8.14. The molecule has 0 aliphatic carbocycles. The Hall–Kier alpha value is -0.0800. The van der Waals surface area contributed by atoms with Gasteiger partial charge in [-0.1, -0.05) is 33.6 Å². The van der Waals surface area contributed by atoms with E-state index in [4.69, 9.17) is 0 Å².